The lowest BCUT2D eigenvalue weighted by molar-refractivity contribution is 0.112. The molecule has 2 heterocycles. The van der Waals surface area contributed by atoms with Gasteiger partial charge in [-0.2, -0.15) is 0 Å². The molecule has 0 N–H and O–H groups in total. The Hall–Kier alpha value is -1.63. The van der Waals surface area contributed by atoms with Crippen LogP contribution in [0.25, 0.3) is 0 Å². The van der Waals surface area contributed by atoms with Gasteiger partial charge in [0.05, 0.1) is 26.5 Å². The molecule has 0 saturated carbocycles. The summed E-state index contributed by atoms with van der Waals surface area (Å²) in [6.07, 6.45) is 3.54. The Morgan fingerprint density at radius 1 is 1.24 bits per heavy atom. The van der Waals surface area contributed by atoms with Crippen LogP contribution in [0, 0.1) is 0 Å². The van der Waals surface area contributed by atoms with Gasteiger partial charge in [0.15, 0.2) is 11.5 Å². The van der Waals surface area contributed by atoms with E-state index in [9.17, 15) is 0 Å². The molecule has 1 fully saturated rings. The molecule has 6 heteroatoms. The van der Waals surface area contributed by atoms with Gasteiger partial charge in [-0.05, 0) is 56.5 Å². The number of piperidine rings is 1. The topological polar surface area (TPSA) is 37.8 Å². The van der Waals surface area contributed by atoms with Gasteiger partial charge in [0.25, 0.3) is 0 Å². The maximum absolute atomic E-state index is 5.44. The lowest BCUT2D eigenvalue weighted by Gasteiger charge is -2.37. The van der Waals surface area contributed by atoms with Crippen LogP contribution in [-0.4, -0.2) is 61.7 Å². The van der Waals surface area contributed by atoms with Gasteiger partial charge in [-0.15, -0.1) is 11.3 Å². The third kappa shape index (κ3) is 5.93. The summed E-state index contributed by atoms with van der Waals surface area (Å²) < 4.78 is 10.8. The zero-order valence-corrected chi connectivity index (χ0v) is 19.3. The summed E-state index contributed by atoms with van der Waals surface area (Å²) in [7, 11) is 5.63. The molecule has 3 rings (SSSR count). The van der Waals surface area contributed by atoms with E-state index in [-0.39, 0.29) is 0 Å². The second-order valence-corrected chi connectivity index (χ2v) is 9.21. The minimum absolute atomic E-state index is 0.511. The first-order valence-corrected chi connectivity index (χ1v) is 11.5. The van der Waals surface area contributed by atoms with E-state index in [1.54, 1.807) is 25.6 Å². The molecule has 1 unspecified atom stereocenters. The Morgan fingerprint density at radius 2 is 2.03 bits per heavy atom. The Morgan fingerprint density at radius 3 is 2.72 bits per heavy atom. The number of hydrogen-bond acceptors (Lipinski definition) is 6. The molecule has 0 amide bonds. The van der Waals surface area contributed by atoms with E-state index in [4.69, 9.17) is 14.5 Å². The number of rotatable bonds is 9. The van der Waals surface area contributed by atoms with E-state index in [2.05, 4.69) is 48.2 Å². The Balaban J connectivity index is 1.52. The molecule has 1 aromatic heterocycles. The van der Waals surface area contributed by atoms with Crippen molar-refractivity contribution in [2.24, 2.45) is 0 Å². The number of benzene rings is 1. The number of likely N-dealkylation sites (N-methyl/N-ethyl adjacent to an activating group) is 1. The van der Waals surface area contributed by atoms with Gasteiger partial charge in [-0.25, -0.2) is 4.98 Å². The second-order valence-electron chi connectivity index (χ2n) is 8.27. The van der Waals surface area contributed by atoms with Crippen LogP contribution in [-0.2, 0) is 13.0 Å². The fourth-order valence-corrected chi connectivity index (χ4v) is 4.91. The standard InChI is InChI=1S/C23H35N3O2S/c1-17(2)20-16-29-23(24-20)15-26-11-6-7-19(14-26)25(3)12-10-18-8-9-21(27-4)22(13-18)28-5/h8-9,13,16-17,19H,6-7,10-12,14-15H2,1-5H3. The number of ether oxygens (including phenoxy) is 2. The molecule has 0 aliphatic carbocycles. The molecule has 160 valence electrons. The van der Waals surface area contributed by atoms with E-state index in [1.807, 2.05) is 6.07 Å². The monoisotopic (exact) mass is 417 g/mol. The van der Waals surface area contributed by atoms with Crippen molar-refractivity contribution in [3.63, 3.8) is 0 Å². The molecule has 5 nitrogen and oxygen atoms in total. The van der Waals surface area contributed by atoms with Crippen LogP contribution < -0.4 is 9.47 Å². The number of hydrogen-bond donors (Lipinski definition) is 0. The summed E-state index contributed by atoms with van der Waals surface area (Å²) in [6, 6.07) is 6.83. The van der Waals surface area contributed by atoms with E-state index < -0.39 is 0 Å². The maximum atomic E-state index is 5.44. The van der Waals surface area contributed by atoms with Crippen LogP contribution in [0.15, 0.2) is 23.6 Å². The zero-order chi connectivity index (χ0) is 20.8. The lowest BCUT2D eigenvalue weighted by Crippen LogP contribution is -2.46. The van der Waals surface area contributed by atoms with Crippen molar-refractivity contribution in [1.29, 1.82) is 0 Å². The van der Waals surface area contributed by atoms with Gasteiger partial charge in [-0.1, -0.05) is 19.9 Å². The number of thiazole rings is 1. The minimum atomic E-state index is 0.511. The highest BCUT2D eigenvalue weighted by Crippen LogP contribution is 2.28. The Kier molecular flexibility index (Phi) is 7.92. The van der Waals surface area contributed by atoms with Gasteiger partial charge in [-0.3, -0.25) is 4.90 Å². The molecule has 29 heavy (non-hydrogen) atoms. The number of methoxy groups -OCH3 is 2. The van der Waals surface area contributed by atoms with Crippen LogP contribution in [0.1, 0.15) is 48.9 Å². The quantitative estimate of drug-likeness (QED) is 0.604. The summed E-state index contributed by atoms with van der Waals surface area (Å²) in [5.41, 5.74) is 2.51. The van der Waals surface area contributed by atoms with Crippen molar-refractivity contribution < 1.29 is 9.47 Å². The van der Waals surface area contributed by atoms with Crippen molar-refractivity contribution >= 4 is 11.3 Å². The summed E-state index contributed by atoms with van der Waals surface area (Å²) in [4.78, 5) is 9.91. The van der Waals surface area contributed by atoms with Crippen molar-refractivity contribution in [2.75, 3.05) is 40.9 Å². The predicted molar refractivity (Wildman–Crippen MR) is 120 cm³/mol. The first-order chi connectivity index (χ1) is 14.0. The maximum Gasteiger partial charge on any atom is 0.160 e. The largest absolute Gasteiger partial charge is 0.493 e. The Labute approximate surface area is 179 Å². The molecule has 0 radical (unpaired) electrons. The predicted octanol–water partition coefficient (Wildman–Crippen LogP) is 4.42. The SMILES string of the molecule is COc1ccc(CCN(C)C2CCCN(Cc3nc(C(C)C)cs3)C2)cc1OC. The number of nitrogens with zero attached hydrogens (tertiary/aromatic N) is 3. The molecular weight excluding hydrogens is 382 g/mol. The fraction of sp³-hybridized carbons (Fsp3) is 0.609. The van der Waals surface area contributed by atoms with Crippen LogP contribution in [0.4, 0.5) is 0 Å². The molecule has 1 aromatic carbocycles. The van der Waals surface area contributed by atoms with E-state index >= 15 is 0 Å². The Bertz CT molecular complexity index is 777. The van der Waals surface area contributed by atoms with Crippen LogP contribution >= 0.6 is 11.3 Å². The van der Waals surface area contributed by atoms with E-state index in [1.165, 1.54) is 35.7 Å². The van der Waals surface area contributed by atoms with Gasteiger partial charge in [0.1, 0.15) is 5.01 Å². The minimum Gasteiger partial charge on any atom is -0.493 e. The molecule has 2 aromatic rings. The van der Waals surface area contributed by atoms with Crippen molar-refractivity contribution in [1.82, 2.24) is 14.8 Å². The fourth-order valence-electron chi connectivity index (χ4n) is 3.91. The smallest absolute Gasteiger partial charge is 0.160 e. The summed E-state index contributed by atoms with van der Waals surface area (Å²) in [5, 5.41) is 3.47. The zero-order valence-electron chi connectivity index (χ0n) is 18.5. The molecule has 0 spiro atoms. The van der Waals surface area contributed by atoms with Gasteiger partial charge in [0, 0.05) is 24.5 Å². The lowest BCUT2D eigenvalue weighted by atomic mass is 10.0. The highest BCUT2D eigenvalue weighted by atomic mass is 32.1. The normalized spacial score (nSPS) is 17.8. The average Bonchev–Trinajstić information content (AvgIpc) is 3.20. The van der Waals surface area contributed by atoms with Crippen LogP contribution in [0.3, 0.4) is 0 Å². The molecule has 1 atom stereocenters. The van der Waals surface area contributed by atoms with Crippen LogP contribution in [0.2, 0.25) is 0 Å². The number of aromatic nitrogens is 1. The van der Waals surface area contributed by atoms with Crippen LogP contribution in [0.5, 0.6) is 11.5 Å². The highest BCUT2D eigenvalue weighted by molar-refractivity contribution is 7.09. The summed E-state index contributed by atoms with van der Waals surface area (Å²) >= 11 is 1.81. The third-order valence-corrected chi connectivity index (χ3v) is 6.68. The summed E-state index contributed by atoms with van der Waals surface area (Å²) in [6.45, 7) is 8.75. The molecule has 0 bridgehead atoms. The van der Waals surface area contributed by atoms with Crippen molar-refractivity contribution in [3.05, 3.63) is 39.8 Å². The van der Waals surface area contributed by atoms with Crippen molar-refractivity contribution in [2.45, 2.75) is 51.6 Å². The molecule has 1 saturated heterocycles. The highest BCUT2D eigenvalue weighted by Gasteiger charge is 2.24. The first kappa shape index (κ1) is 22.1. The van der Waals surface area contributed by atoms with Gasteiger partial charge < -0.3 is 14.4 Å². The molecular formula is C23H35N3O2S. The first-order valence-electron chi connectivity index (χ1n) is 10.6. The molecule has 1 aliphatic heterocycles. The summed E-state index contributed by atoms with van der Waals surface area (Å²) in [5.74, 6) is 2.10. The second kappa shape index (κ2) is 10.4. The molecule has 1 aliphatic rings. The van der Waals surface area contributed by atoms with Crippen molar-refractivity contribution in [3.8, 4) is 11.5 Å². The average molecular weight is 418 g/mol. The van der Waals surface area contributed by atoms with Gasteiger partial charge in [0.2, 0.25) is 0 Å². The third-order valence-electron chi connectivity index (χ3n) is 5.83. The van der Waals surface area contributed by atoms with Gasteiger partial charge >= 0.3 is 0 Å². The van der Waals surface area contributed by atoms with E-state index in [0.717, 1.165) is 37.6 Å². The van der Waals surface area contributed by atoms with E-state index in [0.29, 0.717) is 12.0 Å². The number of likely N-dealkylation sites (tertiary alicyclic amines) is 1.